The zero-order valence-corrected chi connectivity index (χ0v) is 14.5. The summed E-state index contributed by atoms with van der Waals surface area (Å²) in [5, 5.41) is 6.37. The zero-order chi connectivity index (χ0) is 17.6. The van der Waals surface area contributed by atoms with Crippen LogP contribution in [0.25, 0.3) is 0 Å². The molecule has 130 valence electrons. The highest BCUT2D eigenvalue weighted by molar-refractivity contribution is 6.30. The maximum absolute atomic E-state index is 12.4. The minimum atomic E-state index is -0.241. The molecular formula is C19H20ClN3O2. The molecule has 3 rings (SSSR count). The van der Waals surface area contributed by atoms with E-state index >= 15 is 0 Å². The first-order valence-electron chi connectivity index (χ1n) is 8.29. The molecule has 2 aromatic carbocycles. The summed E-state index contributed by atoms with van der Waals surface area (Å²) in [6, 6.07) is 16.1. The number of nitrogens with zero attached hydrogens (tertiary/aromatic N) is 1. The van der Waals surface area contributed by atoms with E-state index in [9.17, 15) is 9.59 Å². The van der Waals surface area contributed by atoms with Crippen LogP contribution in [0.1, 0.15) is 23.2 Å². The zero-order valence-electron chi connectivity index (χ0n) is 13.7. The number of rotatable bonds is 3. The fourth-order valence-electron chi connectivity index (χ4n) is 2.88. The van der Waals surface area contributed by atoms with Gasteiger partial charge >= 0.3 is 6.03 Å². The standard InChI is InChI=1S/C19H20ClN3O2/c20-15-6-8-16(9-7-15)21-19(25)22-17-10-12-23(13-11-17)18(24)14-4-2-1-3-5-14/h1-9,17H,10-13H2,(H2,21,22,25). The number of urea groups is 1. The van der Waals surface area contributed by atoms with Crippen LogP contribution in [0.15, 0.2) is 54.6 Å². The third-order valence-electron chi connectivity index (χ3n) is 4.24. The molecule has 0 spiro atoms. The Morgan fingerprint density at radius 3 is 2.24 bits per heavy atom. The third-order valence-corrected chi connectivity index (χ3v) is 4.49. The summed E-state index contributed by atoms with van der Waals surface area (Å²) in [4.78, 5) is 26.3. The third kappa shape index (κ3) is 4.73. The molecule has 3 amide bonds. The average Bonchev–Trinajstić information content (AvgIpc) is 2.64. The molecule has 5 nitrogen and oxygen atoms in total. The molecular weight excluding hydrogens is 338 g/mol. The molecule has 0 aliphatic carbocycles. The fraction of sp³-hybridized carbons (Fsp3) is 0.263. The van der Waals surface area contributed by atoms with Gasteiger partial charge in [-0.25, -0.2) is 4.79 Å². The Balaban J connectivity index is 1.46. The monoisotopic (exact) mass is 357 g/mol. The van der Waals surface area contributed by atoms with E-state index in [0.29, 0.717) is 29.4 Å². The van der Waals surface area contributed by atoms with E-state index in [1.807, 2.05) is 35.2 Å². The quantitative estimate of drug-likeness (QED) is 0.878. The van der Waals surface area contributed by atoms with Crippen molar-refractivity contribution in [3.05, 3.63) is 65.2 Å². The average molecular weight is 358 g/mol. The number of halogens is 1. The molecule has 6 heteroatoms. The van der Waals surface area contributed by atoms with Gasteiger partial charge in [-0.3, -0.25) is 4.79 Å². The highest BCUT2D eigenvalue weighted by atomic mass is 35.5. The highest BCUT2D eigenvalue weighted by Crippen LogP contribution is 2.15. The lowest BCUT2D eigenvalue weighted by atomic mass is 10.0. The number of anilines is 1. The lowest BCUT2D eigenvalue weighted by Gasteiger charge is -2.32. The van der Waals surface area contributed by atoms with Gasteiger partial charge in [0.15, 0.2) is 0 Å². The van der Waals surface area contributed by atoms with Crippen LogP contribution in [0.5, 0.6) is 0 Å². The first-order chi connectivity index (χ1) is 12.1. The second kappa shape index (κ2) is 8.03. The van der Waals surface area contributed by atoms with Gasteiger partial charge in [0, 0.05) is 35.4 Å². The normalized spacial score (nSPS) is 14.8. The minimum absolute atomic E-state index is 0.0460. The van der Waals surface area contributed by atoms with Crippen molar-refractivity contribution in [2.24, 2.45) is 0 Å². The Bertz CT molecular complexity index is 726. The number of likely N-dealkylation sites (tertiary alicyclic amines) is 1. The van der Waals surface area contributed by atoms with Gasteiger partial charge < -0.3 is 15.5 Å². The van der Waals surface area contributed by atoms with Gasteiger partial charge in [0.25, 0.3) is 5.91 Å². The summed E-state index contributed by atoms with van der Waals surface area (Å²) in [7, 11) is 0. The van der Waals surface area contributed by atoms with Crippen molar-refractivity contribution in [3.63, 3.8) is 0 Å². The molecule has 1 aliphatic rings. The molecule has 0 bridgehead atoms. The summed E-state index contributed by atoms with van der Waals surface area (Å²) in [6.07, 6.45) is 1.49. The Morgan fingerprint density at radius 1 is 0.960 bits per heavy atom. The number of hydrogen-bond acceptors (Lipinski definition) is 2. The van der Waals surface area contributed by atoms with Crippen molar-refractivity contribution in [3.8, 4) is 0 Å². The highest BCUT2D eigenvalue weighted by Gasteiger charge is 2.24. The molecule has 2 N–H and O–H groups in total. The van der Waals surface area contributed by atoms with E-state index < -0.39 is 0 Å². The van der Waals surface area contributed by atoms with Crippen LogP contribution in [-0.2, 0) is 0 Å². The largest absolute Gasteiger partial charge is 0.338 e. The molecule has 0 unspecified atom stereocenters. The molecule has 1 saturated heterocycles. The van der Waals surface area contributed by atoms with Crippen molar-refractivity contribution in [1.82, 2.24) is 10.2 Å². The van der Waals surface area contributed by atoms with Gasteiger partial charge in [-0.2, -0.15) is 0 Å². The Labute approximate surface area is 152 Å². The lowest BCUT2D eigenvalue weighted by Crippen LogP contribution is -2.47. The molecule has 0 atom stereocenters. The fourth-order valence-corrected chi connectivity index (χ4v) is 3.00. The minimum Gasteiger partial charge on any atom is -0.338 e. The Hall–Kier alpha value is -2.53. The van der Waals surface area contributed by atoms with Gasteiger partial charge in [0.1, 0.15) is 0 Å². The molecule has 1 fully saturated rings. The maximum atomic E-state index is 12.4. The van der Waals surface area contributed by atoms with E-state index in [0.717, 1.165) is 12.8 Å². The summed E-state index contributed by atoms with van der Waals surface area (Å²) in [5.41, 5.74) is 1.40. The van der Waals surface area contributed by atoms with Crippen LogP contribution in [0, 0.1) is 0 Å². The van der Waals surface area contributed by atoms with E-state index in [1.165, 1.54) is 0 Å². The van der Waals surface area contributed by atoms with Gasteiger partial charge in [0.05, 0.1) is 0 Å². The van der Waals surface area contributed by atoms with Crippen molar-refractivity contribution in [2.45, 2.75) is 18.9 Å². The van der Waals surface area contributed by atoms with Crippen molar-refractivity contribution < 1.29 is 9.59 Å². The van der Waals surface area contributed by atoms with E-state index in [-0.39, 0.29) is 18.0 Å². The first kappa shape index (κ1) is 17.3. The first-order valence-corrected chi connectivity index (χ1v) is 8.67. The second-order valence-electron chi connectivity index (χ2n) is 6.04. The molecule has 2 aromatic rings. The summed E-state index contributed by atoms with van der Waals surface area (Å²) in [5.74, 6) is 0.0460. The molecule has 1 aliphatic heterocycles. The van der Waals surface area contributed by atoms with Crippen LogP contribution < -0.4 is 10.6 Å². The predicted molar refractivity (Wildman–Crippen MR) is 99.0 cm³/mol. The maximum Gasteiger partial charge on any atom is 0.319 e. The molecule has 25 heavy (non-hydrogen) atoms. The topological polar surface area (TPSA) is 61.4 Å². The van der Waals surface area contributed by atoms with Crippen LogP contribution in [-0.4, -0.2) is 36.0 Å². The second-order valence-corrected chi connectivity index (χ2v) is 6.47. The molecule has 0 saturated carbocycles. The van der Waals surface area contributed by atoms with Crippen molar-refractivity contribution in [1.29, 1.82) is 0 Å². The van der Waals surface area contributed by atoms with Crippen LogP contribution in [0.4, 0.5) is 10.5 Å². The number of amides is 3. The smallest absolute Gasteiger partial charge is 0.319 e. The lowest BCUT2D eigenvalue weighted by molar-refractivity contribution is 0.0709. The van der Waals surface area contributed by atoms with Crippen molar-refractivity contribution >= 4 is 29.2 Å². The van der Waals surface area contributed by atoms with Crippen LogP contribution in [0.2, 0.25) is 5.02 Å². The van der Waals surface area contributed by atoms with E-state index in [4.69, 9.17) is 11.6 Å². The number of nitrogens with one attached hydrogen (secondary N) is 2. The van der Waals surface area contributed by atoms with Gasteiger partial charge in [-0.05, 0) is 49.2 Å². The molecule has 0 radical (unpaired) electrons. The SMILES string of the molecule is O=C(Nc1ccc(Cl)cc1)NC1CCN(C(=O)c2ccccc2)CC1. The number of carbonyl (C=O) groups excluding carboxylic acids is 2. The summed E-state index contributed by atoms with van der Waals surface area (Å²) in [6.45, 7) is 1.28. The van der Waals surface area contributed by atoms with Gasteiger partial charge in [-0.15, -0.1) is 0 Å². The molecule has 0 aromatic heterocycles. The Kier molecular flexibility index (Phi) is 5.56. The van der Waals surface area contributed by atoms with Crippen LogP contribution in [0.3, 0.4) is 0 Å². The molecule has 1 heterocycles. The van der Waals surface area contributed by atoms with Crippen molar-refractivity contribution in [2.75, 3.05) is 18.4 Å². The van der Waals surface area contributed by atoms with E-state index in [1.54, 1.807) is 24.3 Å². The predicted octanol–water partition coefficient (Wildman–Crippen LogP) is 3.77. The number of hydrogen-bond donors (Lipinski definition) is 2. The van der Waals surface area contributed by atoms with Crippen LogP contribution >= 0.6 is 11.6 Å². The number of benzene rings is 2. The summed E-state index contributed by atoms with van der Waals surface area (Å²) >= 11 is 5.83. The van der Waals surface area contributed by atoms with E-state index in [2.05, 4.69) is 10.6 Å². The van der Waals surface area contributed by atoms with Gasteiger partial charge in [-0.1, -0.05) is 29.8 Å². The Morgan fingerprint density at radius 2 is 1.60 bits per heavy atom. The van der Waals surface area contributed by atoms with Gasteiger partial charge in [0.2, 0.25) is 0 Å². The number of carbonyl (C=O) groups is 2. The summed E-state index contributed by atoms with van der Waals surface area (Å²) < 4.78 is 0. The number of piperidine rings is 1.